The van der Waals surface area contributed by atoms with Crippen molar-refractivity contribution in [2.45, 2.75) is 0 Å². The van der Waals surface area contributed by atoms with Gasteiger partial charge in [-0.25, -0.2) is 0 Å². The van der Waals surface area contributed by atoms with Gasteiger partial charge >= 0.3 is 0 Å². The van der Waals surface area contributed by atoms with Crippen LogP contribution in [0.3, 0.4) is 0 Å². The molecule has 1 aromatic rings. The molecule has 1 aliphatic heterocycles. The van der Waals surface area contributed by atoms with Crippen molar-refractivity contribution in [2.24, 2.45) is 5.73 Å². The Balaban J connectivity index is 2.12. The topological polar surface area (TPSA) is 132 Å². The molecule has 1 aliphatic rings. The quantitative estimate of drug-likeness (QED) is 0.571. The summed E-state index contributed by atoms with van der Waals surface area (Å²) in [6.45, 7) is 2.58. The van der Waals surface area contributed by atoms with Gasteiger partial charge in [0.25, 0.3) is 0 Å². The van der Waals surface area contributed by atoms with Crippen LogP contribution in [0.4, 0.5) is 17.8 Å². The van der Waals surface area contributed by atoms with E-state index in [1.165, 1.54) is 0 Å². The first-order valence-electron chi connectivity index (χ1n) is 5.51. The number of aromatic nitrogens is 3. The summed E-state index contributed by atoms with van der Waals surface area (Å²) >= 11 is 0. The molecule has 2 heterocycles. The number of nitrogen functional groups attached to an aromatic ring is 1. The molecule has 1 fully saturated rings. The molecule has 0 saturated carbocycles. The summed E-state index contributed by atoms with van der Waals surface area (Å²) in [6.07, 6.45) is 0. The minimum absolute atomic E-state index is 0.0496. The number of nitrogens with two attached hydrogens (primary N) is 2. The van der Waals surface area contributed by atoms with Gasteiger partial charge < -0.3 is 26.4 Å². The molecule has 0 aromatic carbocycles. The number of rotatable bonds is 4. The van der Waals surface area contributed by atoms with Crippen molar-refractivity contribution in [3.63, 3.8) is 0 Å². The molecule has 18 heavy (non-hydrogen) atoms. The van der Waals surface area contributed by atoms with Crippen LogP contribution in [0.1, 0.15) is 0 Å². The summed E-state index contributed by atoms with van der Waals surface area (Å²) in [5, 5.41) is 2.69. The van der Waals surface area contributed by atoms with Gasteiger partial charge in [-0.2, -0.15) is 15.0 Å². The van der Waals surface area contributed by atoms with Crippen LogP contribution in [-0.4, -0.2) is 53.7 Å². The zero-order chi connectivity index (χ0) is 13.0. The molecular formula is C9H15N7O2. The van der Waals surface area contributed by atoms with Crippen LogP contribution in [0.25, 0.3) is 0 Å². The van der Waals surface area contributed by atoms with E-state index in [1.54, 1.807) is 0 Å². The van der Waals surface area contributed by atoms with Crippen molar-refractivity contribution in [2.75, 3.05) is 48.8 Å². The van der Waals surface area contributed by atoms with Gasteiger partial charge in [0.05, 0.1) is 19.8 Å². The van der Waals surface area contributed by atoms with Crippen LogP contribution in [0.15, 0.2) is 0 Å². The fraction of sp³-hybridized carbons (Fsp3) is 0.556. The predicted molar refractivity (Wildman–Crippen MR) is 65.0 cm³/mol. The Morgan fingerprint density at radius 2 is 2.06 bits per heavy atom. The van der Waals surface area contributed by atoms with Crippen molar-refractivity contribution in [1.29, 1.82) is 0 Å². The van der Waals surface area contributed by atoms with Gasteiger partial charge in [0.15, 0.2) is 0 Å². The second-order valence-corrected chi connectivity index (χ2v) is 3.74. The molecule has 0 atom stereocenters. The summed E-state index contributed by atoms with van der Waals surface area (Å²) in [5.41, 5.74) is 10.6. The molecule has 0 spiro atoms. The Morgan fingerprint density at radius 1 is 1.33 bits per heavy atom. The van der Waals surface area contributed by atoms with Crippen molar-refractivity contribution < 1.29 is 9.53 Å². The normalized spacial score (nSPS) is 15.4. The van der Waals surface area contributed by atoms with E-state index in [-0.39, 0.29) is 18.4 Å². The summed E-state index contributed by atoms with van der Waals surface area (Å²) in [6, 6.07) is 0. The van der Waals surface area contributed by atoms with Gasteiger partial charge in [-0.1, -0.05) is 0 Å². The smallest absolute Gasteiger partial charge is 0.236 e. The minimum Gasteiger partial charge on any atom is -0.378 e. The predicted octanol–water partition coefficient (Wildman–Crippen LogP) is -1.81. The van der Waals surface area contributed by atoms with Crippen LogP contribution >= 0.6 is 0 Å². The number of hydrogen-bond donors (Lipinski definition) is 3. The van der Waals surface area contributed by atoms with Crippen LogP contribution in [0.5, 0.6) is 0 Å². The maximum Gasteiger partial charge on any atom is 0.236 e. The molecule has 2 rings (SSSR count). The molecule has 98 valence electrons. The molecule has 9 heteroatoms. The number of hydrogen-bond acceptors (Lipinski definition) is 8. The Hall–Kier alpha value is -2.16. The maximum absolute atomic E-state index is 10.7. The highest BCUT2D eigenvalue weighted by Crippen LogP contribution is 2.13. The van der Waals surface area contributed by atoms with Gasteiger partial charge in [-0.05, 0) is 0 Å². The summed E-state index contributed by atoms with van der Waals surface area (Å²) < 4.78 is 5.24. The third kappa shape index (κ3) is 3.17. The van der Waals surface area contributed by atoms with E-state index >= 15 is 0 Å². The number of nitrogens with zero attached hydrogens (tertiary/aromatic N) is 4. The number of carbonyl (C=O) groups excluding carboxylic acids is 1. The van der Waals surface area contributed by atoms with Crippen LogP contribution < -0.4 is 21.7 Å². The fourth-order valence-corrected chi connectivity index (χ4v) is 1.53. The SMILES string of the molecule is NC(=O)CNc1nc(N)nc(N2CCOCC2)n1. The highest BCUT2D eigenvalue weighted by atomic mass is 16.5. The highest BCUT2D eigenvalue weighted by Gasteiger charge is 2.15. The number of anilines is 3. The molecule has 0 aliphatic carbocycles. The molecule has 0 unspecified atom stereocenters. The van der Waals surface area contributed by atoms with E-state index in [2.05, 4.69) is 20.3 Å². The summed E-state index contributed by atoms with van der Waals surface area (Å²) in [5.74, 6) is 0.306. The van der Waals surface area contributed by atoms with Crippen LogP contribution in [0.2, 0.25) is 0 Å². The second-order valence-electron chi connectivity index (χ2n) is 3.74. The van der Waals surface area contributed by atoms with Gasteiger partial charge in [0, 0.05) is 13.1 Å². The fourth-order valence-electron chi connectivity index (χ4n) is 1.53. The maximum atomic E-state index is 10.7. The third-order valence-corrected chi connectivity index (χ3v) is 2.36. The van der Waals surface area contributed by atoms with Crippen molar-refractivity contribution in [1.82, 2.24) is 15.0 Å². The number of amides is 1. The number of morpholine rings is 1. The molecule has 0 bridgehead atoms. The first-order chi connectivity index (χ1) is 8.65. The van der Waals surface area contributed by atoms with Crippen molar-refractivity contribution in [3.8, 4) is 0 Å². The Morgan fingerprint density at radius 3 is 2.72 bits per heavy atom. The van der Waals surface area contributed by atoms with Crippen molar-refractivity contribution >= 4 is 23.8 Å². The highest BCUT2D eigenvalue weighted by molar-refractivity contribution is 5.78. The monoisotopic (exact) mass is 253 g/mol. The van der Waals surface area contributed by atoms with E-state index in [1.807, 2.05) is 4.90 Å². The van der Waals surface area contributed by atoms with E-state index in [4.69, 9.17) is 16.2 Å². The van der Waals surface area contributed by atoms with E-state index < -0.39 is 5.91 Å². The largest absolute Gasteiger partial charge is 0.378 e. The summed E-state index contributed by atoms with van der Waals surface area (Å²) in [4.78, 5) is 24.7. The zero-order valence-electron chi connectivity index (χ0n) is 9.80. The van der Waals surface area contributed by atoms with Crippen LogP contribution in [0, 0.1) is 0 Å². The van der Waals surface area contributed by atoms with Gasteiger partial charge in [-0.15, -0.1) is 0 Å². The molecule has 1 saturated heterocycles. The molecule has 5 N–H and O–H groups in total. The van der Waals surface area contributed by atoms with Crippen LogP contribution in [-0.2, 0) is 9.53 Å². The first-order valence-corrected chi connectivity index (χ1v) is 5.51. The average molecular weight is 253 g/mol. The zero-order valence-corrected chi connectivity index (χ0v) is 9.80. The molecule has 0 radical (unpaired) electrons. The lowest BCUT2D eigenvalue weighted by Crippen LogP contribution is -2.37. The van der Waals surface area contributed by atoms with E-state index in [0.717, 1.165) is 0 Å². The number of ether oxygens (including phenoxy) is 1. The Kier molecular flexibility index (Phi) is 3.72. The lowest BCUT2D eigenvalue weighted by molar-refractivity contribution is -0.116. The first kappa shape index (κ1) is 12.3. The third-order valence-electron chi connectivity index (χ3n) is 2.36. The molecule has 1 aromatic heterocycles. The van der Waals surface area contributed by atoms with Gasteiger partial charge in [-0.3, -0.25) is 4.79 Å². The molecule has 1 amide bonds. The second kappa shape index (κ2) is 5.45. The standard InChI is InChI=1S/C9H15N7O2/c10-6(17)5-12-8-13-7(11)14-9(15-8)16-1-3-18-4-2-16/h1-5H2,(H2,10,17)(H3,11,12,13,14,15). The lowest BCUT2D eigenvalue weighted by atomic mass is 10.4. The minimum atomic E-state index is -0.498. The molecule has 9 nitrogen and oxygen atoms in total. The number of nitrogens with one attached hydrogen (secondary N) is 1. The van der Waals surface area contributed by atoms with E-state index in [0.29, 0.717) is 32.3 Å². The number of primary amides is 1. The summed E-state index contributed by atoms with van der Waals surface area (Å²) in [7, 11) is 0. The lowest BCUT2D eigenvalue weighted by Gasteiger charge is -2.26. The van der Waals surface area contributed by atoms with Gasteiger partial charge in [0.2, 0.25) is 23.8 Å². The van der Waals surface area contributed by atoms with E-state index in [9.17, 15) is 4.79 Å². The van der Waals surface area contributed by atoms with Gasteiger partial charge in [0.1, 0.15) is 0 Å². The average Bonchev–Trinajstić information content (AvgIpc) is 2.37. The van der Waals surface area contributed by atoms with Crippen molar-refractivity contribution in [3.05, 3.63) is 0 Å². The Labute approximate surface area is 104 Å². The molecular weight excluding hydrogens is 238 g/mol. The number of carbonyl (C=O) groups is 1. The Bertz CT molecular complexity index is 433.